The van der Waals surface area contributed by atoms with Crippen molar-refractivity contribution < 1.29 is 4.74 Å². The monoisotopic (exact) mass is 262 g/mol. The fraction of sp³-hybridized carbons (Fsp3) is 0.625. The maximum atomic E-state index is 5.20. The first-order valence-corrected chi connectivity index (χ1v) is 7.25. The fourth-order valence-corrected chi connectivity index (χ4v) is 2.86. The van der Waals surface area contributed by atoms with Crippen molar-refractivity contribution >= 4 is 5.69 Å². The molecule has 106 valence electrons. The minimum absolute atomic E-state index is 0.515. The van der Waals surface area contributed by atoms with Crippen molar-refractivity contribution in [3.63, 3.8) is 0 Å². The van der Waals surface area contributed by atoms with E-state index in [9.17, 15) is 0 Å². The second kappa shape index (κ2) is 6.29. The number of nitrogens with zero attached hydrogens (tertiary/aromatic N) is 1. The topological polar surface area (TPSA) is 24.5 Å². The van der Waals surface area contributed by atoms with Crippen molar-refractivity contribution in [1.82, 2.24) is 5.32 Å². The Kier molecular flexibility index (Phi) is 4.70. The number of methoxy groups -OCH3 is 1. The molecule has 0 amide bonds. The summed E-state index contributed by atoms with van der Waals surface area (Å²) in [6, 6.07) is 8.31. The molecule has 1 N–H and O–H groups in total. The summed E-state index contributed by atoms with van der Waals surface area (Å²) in [4.78, 5) is 2.34. The molecule has 0 aliphatic carbocycles. The molecule has 1 aliphatic rings. The van der Waals surface area contributed by atoms with E-state index >= 15 is 0 Å². The van der Waals surface area contributed by atoms with E-state index in [1.54, 1.807) is 7.11 Å². The quantitative estimate of drug-likeness (QED) is 0.853. The first-order chi connectivity index (χ1) is 9.19. The second-order valence-electron chi connectivity index (χ2n) is 5.65. The molecule has 1 heterocycles. The van der Waals surface area contributed by atoms with E-state index in [-0.39, 0.29) is 0 Å². The van der Waals surface area contributed by atoms with Crippen LogP contribution in [0.2, 0.25) is 0 Å². The van der Waals surface area contributed by atoms with Gasteiger partial charge in [0.05, 0.1) is 7.11 Å². The van der Waals surface area contributed by atoms with Crippen LogP contribution in [0.4, 0.5) is 5.69 Å². The van der Waals surface area contributed by atoms with Gasteiger partial charge >= 0.3 is 0 Å². The normalized spacial score (nSPS) is 22.5. The average Bonchev–Trinajstić information content (AvgIpc) is 2.94. The van der Waals surface area contributed by atoms with Crippen molar-refractivity contribution in [3.05, 3.63) is 24.3 Å². The molecule has 0 spiro atoms. The van der Waals surface area contributed by atoms with E-state index in [1.807, 2.05) is 12.1 Å². The van der Waals surface area contributed by atoms with Gasteiger partial charge in [-0.1, -0.05) is 6.92 Å². The van der Waals surface area contributed by atoms with Gasteiger partial charge in [-0.2, -0.15) is 0 Å². The lowest BCUT2D eigenvalue weighted by Crippen LogP contribution is -2.29. The number of benzene rings is 1. The molecular formula is C16H26N2O. The standard InChI is InChI=1S/C16H26N2O/c1-4-16(9-11-17-13-16)10-12-18(2)14-5-7-15(19-3)8-6-14/h5-8,17H,4,9-13H2,1-3H3. The van der Waals surface area contributed by atoms with Gasteiger partial charge < -0.3 is 15.0 Å². The van der Waals surface area contributed by atoms with Gasteiger partial charge in [-0.05, 0) is 55.5 Å². The van der Waals surface area contributed by atoms with Crippen LogP contribution >= 0.6 is 0 Å². The Hall–Kier alpha value is -1.22. The van der Waals surface area contributed by atoms with Gasteiger partial charge in [0.25, 0.3) is 0 Å². The maximum absolute atomic E-state index is 5.20. The summed E-state index contributed by atoms with van der Waals surface area (Å²) < 4.78 is 5.20. The van der Waals surface area contributed by atoms with E-state index < -0.39 is 0 Å². The molecule has 1 aliphatic heterocycles. The third-order valence-corrected chi connectivity index (χ3v) is 4.57. The highest BCUT2D eigenvalue weighted by Crippen LogP contribution is 2.33. The Morgan fingerprint density at radius 2 is 2.05 bits per heavy atom. The SMILES string of the molecule is CCC1(CCN(C)c2ccc(OC)cc2)CCNC1. The van der Waals surface area contributed by atoms with Crippen molar-refractivity contribution in [2.24, 2.45) is 5.41 Å². The molecule has 2 rings (SSSR count). The van der Waals surface area contributed by atoms with E-state index in [4.69, 9.17) is 4.74 Å². The molecule has 0 aromatic heterocycles. The average molecular weight is 262 g/mol. The summed E-state index contributed by atoms with van der Waals surface area (Å²) in [6.45, 7) is 5.79. The van der Waals surface area contributed by atoms with E-state index in [2.05, 4.69) is 36.3 Å². The summed E-state index contributed by atoms with van der Waals surface area (Å²) in [5.41, 5.74) is 1.78. The Balaban J connectivity index is 1.91. The maximum Gasteiger partial charge on any atom is 0.119 e. The van der Waals surface area contributed by atoms with Crippen LogP contribution in [0.25, 0.3) is 0 Å². The molecule has 3 heteroatoms. The predicted octanol–water partition coefficient (Wildman–Crippen LogP) is 2.91. The van der Waals surface area contributed by atoms with E-state index in [0.29, 0.717) is 5.41 Å². The van der Waals surface area contributed by atoms with Crippen molar-refractivity contribution in [2.75, 3.05) is 38.7 Å². The third kappa shape index (κ3) is 3.41. The Morgan fingerprint density at radius 1 is 1.32 bits per heavy atom. The van der Waals surface area contributed by atoms with Gasteiger partial charge in [0.15, 0.2) is 0 Å². The lowest BCUT2D eigenvalue weighted by atomic mass is 9.81. The Morgan fingerprint density at radius 3 is 2.58 bits per heavy atom. The van der Waals surface area contributed by atoms with E-state index in [1.165, 1.54) is 38.0 Å². The zero-order chi connectivity index (χ0) is 13.7. The molecule has 1 saturated heterocycles. The highest BCUT2D eigenvalue weighted by molar-refractivity contribution is 5.48. The number of anilines is 1. The van der Waals surface area contributed by atoms with E-state index in [0.717, 1.165) is 12.3 Å². The third-order valence-electron chi connectivity index (χ3n) is 4.57. The van der Waals surface area contributed by atoms with Crippen LogP contribution in [0.1, 0.15) is 26.2 Å². The minimum atomic E-state index is 0.515. The molecule has 1 aromatic rings. The highest BCUT2D eigenvalue weighted by atomic mass is 16.5. The van der Waals surface area contributed by atoms with Gasteiger partial charge in [0, 0.05) is 25.8 Å². The molecule has 1 unspecified atom stereocenters. The molecule has 1 fully saturated rings. The van der Waals surface area contributed by atoms with Gasteiger partial charge in [-0.25, -0.2) is 0 Å². The van der Waals surface area contributed by atoms with Gasteiger partial charge in [0.2, 0.25) is 0 Å². The molecule has 3 nitrogen and oxygen atoms in total. The van der Waals surface area contributed by atoms with Gasteiger partial charge in [0.1, 0.15) is 5.75 Å². The molecule has 19 heavy (non-hydrogen) atoms. The number of ether oxygens (including phenoxy) is 1. The fourth-order valence-electron chi connectivity index (χ4n) is 2.86. The van der Waals surface area contributed by atoms with Gasteiger partial charge in [-0.15, -0.1) is 0 Å². The lowest BCUT2D eigenvalue weighted by molar-refractivity contribution is 0.287. The zero-order valence-electron chi connectivity index (χ0n) is 12.4. The van der Waals surface area contributed by atoms with Crippen LogP contribution in [-0.2, 0) is 0 Å². The number of hydrogen-bond acceptors (Lipinski definition) is 3. The molecule has 1 aromatic carbocycles. The van der Waals surface area contributed by atoms with Crippen LogP contribution in [0, 0.1) is 5.41 Å². The number of hydrogen-bond donors (Lipinski definition) is 1. The summed E-state index contributed by atoms with van der Waals surface area (Å²) in [5, 5.41) is 3.51. The molecule has 1 atom stereocenters. The first-order valence-electron chi connectivity index (χ1n) is 7.25. The van der Waals surface area contributed by atoms with Crippen LogP contribution in [0.15, 0.2) is 24.3 Å². The summed E-state index contributed by atoms with van der Waals surface area (Å²) in [5.74, 6) is 0.919. The van der Waals surface area contributed by atoms with Crippen molar-refractivity contribution in [3.8, 4) is 5.75 Å². The summed E-state index contributed by atoms with van der Waals surface area (Å²) >= 11 is 0. The number of rotatable bonds is 6. The second-order valence-corrected chi connectivity index (χ2v) is 5.65. The van der Waals surface area contributed by atoms with Gasteiger partial charge in [-0.3, -0.25) is 0 Å². The van der Waals surface area contributed by atoms with Crippen LogP contribution in [0.3, 0.4) is 0 Å². The Labute approximate surface area is 116 Å². The summed E-state index contributed by atoms with van der Waals surface area (Å²) in [7, 11) is 3.88. The first kappa shape index (κ1) is 14.2. The van der Waals surface area contributed by atoms with Crippen LogP contribution in [-0.4, -0.2) is 33.8 Å². The summed E-state index contributed by atoms with van der Waals surface area (Å²) in [6.07, 6.45) is 3.86. The zero-order valence-corrected chi connectivity index (χ0v) is 12.4. The van der Waals surface area contributed by atoms with Crippen LogP contribution in [0.5, 0.6) is 5.75 Å². The minimum Gasteiger partial charge on any atom is -0.497 e. The largest absolute Gasteiger partial charge is 0.497 e. The molecule has 0 saturated carbocycles. The molecule has 0 bridgehead atoms. The molecule has 0 radical (unpaired) electrons. The highest BCUT2D eigenvalue weighted by Gasteiger charge is 2.31. The van der Waals surface area contributed by atoms with Crippen molar-refractivity contribution in [2.45, 2.75) is 26.2 Å². The molecular weight excluding hydrogens is 236 g/mol. The van der Waals surface area contributed by atoms with Crippen LogP contribution < -0.4 is 15.0 Å². The Bertz CT molecular complexity index is 382. The predicted molar refractivity (Wildman–Crippen MR) is 81.1 cm³/mol. The number of nitrogens with one attached hydrogen (secondary N) is 1. The smallest absolute Gasteiger partial charge is 0.119 e. The van der Waals surface area contributed by atoms with Crippen molar-refractivity contribution in [1.29, 1.82) is 0 Å². The lowest BCUT2D eigenvalue weighted by Gasteiger charge is -2.30.